The summed E-state index contributed by atoms with van der Waals surface area (Å²) in [5, 5.41) is 0. The largest absolute Gasteiger partial charge is 0.493 e. The Hall–Kier alpha value is -3.06. The summed E-state index contributed by atoms with van der Waals surface area (Å²) in [4.78, 5) is 18.4. The number of methoxy groups -OCH3 is 1. The average molecular weight is 520 g/mol. The molecule has 2 aromatic rings. The first-order chi connectivity index (χ1) is 16.8. The summed E-state index contributed by atoms with van der Waals surface area (Å²) < 4.78 is 99.5. The van der Waals surface area contributed by atoms with Crippen LogP contribution in [0.1, 0.15) is 35.1 Å². The van der Waals surface area contributed by atoms with Gasteiger partial charge in [-0.1, -0.05) is 6.07 Å². The van der Waals surface area contributed by atoms with Gasteiger partial charge in [-0.3, -0.25) is 4.79 Å². The Kier molecular flexibility index (Phi) is 6.82. The molecule has 4 rings (SSSR count). The van der Waals surface area contributed by atoms with Crippen LogP contribution in [-0.4, -0.2) is 61.2 Å². The van der Waals surface area contributed by atoms with E-state index in [1.165, 1.54) is 42.3 Å². The lowest BCUT2D eigenvalue weighted by Crippen LogP contribution is -2.54. The fourth-order valence-corrected chi connectivity index (χ4v) is 4.19. The molecule has 3 heterocycles. The van der Waals surface area contributed by atoms with Crippen LogP contribution in [-0.2, 0) is 21.3 Å². The Balaban J connectivity index is 1.53. The molecule has 2 fully saturated rings. The molecule has 36 heavy (non-hydrogen) atoms. The van der Waals surface area contributed by atoms with Crippen molar-refractivity contribution in [2.24, 2.45) is 0 Å². The van der Waals surface area contributed by atoms with E-state index in [2.05, 4.69) is 4.98 Å². The van der Waals surface area contributed by atoms with E-state index >= 15 is 0 Å². The van der Waals surface area contributed by atoms with E-state index in [9.17, 15) is 31.1 Å². The number of nitrogens with zero attached hydrogens (tertiary/aromatic N) is 2. The number of alkyl halides is 6. The first-order valence-corrected chi connectivity index (χ1v) is 10.9. The van der Waals surface area contributed by atoms with E-state index in [0.29, 0.717) is 0 Å². The molecule has 196 valence electrons. The van der Waals surface area contributed by atoms with E-state index in [1.807, 2.05) is 0 Å². The number of halogens is 6. The maximum Gasteiger partial charge on any atom is 0.433 e. The van der Waals surface area contributed by atoms with Crippen molar-refractivity contribution in [2.75, 3.05) is 27.0 Å². The summed E-state index contributed by atoms with van der Waals surface area (Å²) in [6.07, 6.45) is -12.0. The minimum atomic E-state index is -4.63. The summed E-state index contributed by atoms with van der Waals surface area (Å²) in [6.45, 7) is 0.786. The fourth-order valence-electron chi connectivity index (χ4n) is 4.19. The number of rotatable bonds is 5. The molecular formula is C23H22F6N2O5. The molecule has 0 bridgehead atoms. The molecule has 1 aromatic carbocycles. The summed E-state index contributed by atoms with van der Waals surface area (Å²) >= 11 is 0. The zero-order chi connectivity index (χ0) is 26.3. The Morgan fingerprint density at radius 1 is 1.17 bits per heavy atom. The summed E-state index contributed by atoms with van der Waals surface area (Å²) in [5.41, 5.74) is -2.12. The van der Waals surface area contributed by atoms with Crippen LogP contribution in [0, 0.1) is 0 Å². The Morgan fingerprint density at radius 3 is 2.58 bits per heavy atom. The fraction of sp³-hybridized carbons (Fsp3) is 0.478. The van der Waals surface area contributed by atoms with Gasteiger partial charge >= 0.3 is 12.4 Å². The van der Waals surface area contributed by atoms with Crippen LogP contribution in [0.15, 0.2) is 36.4 Å². The maximum absolute atomic E-state index is 13.2. The monoisotopic (exact) mass is 520 g/mol. The number of amides is 1. The number of hydrogen-bond donors (Lipinski definition) is 0. The molecule has 3 unspecified atom stereocenters. The number of benzene rings is 1. The van der Waals surface area contributed by atoms with Crippen LogP contribution in [0.3, 0.4) is 0 Å². The predicted molar refractivity (Wildman–Crippen MR) is 111 cm³/mol. The molecule has 2 saturated heterocycles. The maximum atomic E-state index is 13.2. The topological polar surface area (TPSA) is 70.1 Å². The Labute approximate surface area is 201 Å². The Bertz CT molecular complexity index is 1120. The molecule has 2 aliphatic rings. The van der Waals surface area contributed by atoms with Crippen molar-refractivity contribution in [1.29, 1.82) is 0 Å². The van der Waals surface area contributed by atoms with Crippen molar-refractivity contribution in [2.45, 2.75) is 43.5 Å². The normalized spacial score (nSPS) is 23.2. The second kappa shape index (κ2) is 9.43. The van der Waals surface area contributed by atoms with Crippen LogP contribution >= 0.6 is 0 Å². The van der Waals surface area contributed by atoms with Gasteiger partial charge < -0.3 is 23.8 Å². The van der Waals surface area contributed by atoms with Crippen molar-refractivity contribution in [3.05, 3.63) is 53.3 Å². The van der Waals surface area contributed by atoms with E-state index in [0.717, 1.165) is 13.0 Å². The molecule has 0 N–H and O–H groups in total. The van der Waals surface area contributed by atoms with Crippen molar-refractivity contribution in [1.82, 2.24) is 9.88 Å². The van der Waals surface area contributed by atoms with Gasteiger partial charge in [0.2, 0.25) is 0 Å². The van der Waals surface area contributed by atoms with E-state index in [1.54, 1.807) is 0 Å². The molecule has 0 radical (unpaired) electrons. The molecule has 3 atom stereocenters. The van der Waals surface area contributed by atoms with Gasteiger partial charge in [0, 0.05) is 18.5 Å². The van der Waals surface area contributed by atoms with Gasteiger partial charge in [-0.05, 0) is 37.3 Å². The molecular weight excluding hydrogens is 498 g/mol. The van der Waals surface area contributed by atoms with Crippen LogP contribution in [0.25, 0.3) is 0 Å². The van der Waals surface area contributed by atoms with Gasteiger partial charge in [-0.25, -0.2) is 4.98 Å². The molecule has 0 aliphatic carbocycles. The second-order valence-electron chi connectivity index (χ2n) is 8.38. The van der Waals surface area contributed by atoms with Crippen LogP contribution < -0.4 is 9.47 Å². The number of carbonyl (C=O) groups is 1. The highest BCUT2D eigenvalue weighted by molar-refractivity contribution is 5.95. The highest BCUT2D eigenvalue weighted by Gasteiger charge is 2.53. The van der Waals surface area contributed by atoms with Crippen molar-refractivity contribution >= 4 is 5.91 Å². The third-order valence-corrected chi connectivity index (χ3v) is 6.18. The first-order valence-electron chi connectivity index (χ1n) is 10.9. The summed E-state index contributed by atoms with van der Waals surface area (Å²) in [7, 11) is 1.23. The zero-order valence-electron chi connectivity index (χ0n) is 19.2. The number of ether oxygens (including phenoxy) is 4. The quantitative estimate of drug-likeness (QED) is 0.539. The second-order valence-corrected chi connectivity index (χ2v) is 8.38. The number of hydrogen-bond acceptors (Lipinski definition) is 6. The minimum Gasteiger partial charge on any atom is -0.493 e. The van der Waals surface area contributed by atoms with Crippen LogP contribution in [0.4, 0.5) is 26.3 Å². The highest BCUT2D eigenvalue weighted by Crippen LogP contribution is 2.43. The zero-order valence-corrected chi connectivity index (χ0v) is 19.2. The molecule has 0 saturated carbocycles. The molecule has 7 nitrogen and oxygen atoms in total. The molecule has 1 aromatic heterocycles. The molecule has 1 amide bonds. The number of pyridine rings is 1. The molecule has 2 aliphatic heterocycles. The minimum absolute atomic E-state index is 0.00241. The van der Waals surface area contributed by atoms with Crippen molar-refractivity contribution < 1.29 is 50.1 Å². The van der Waals surface area contributed by atoms with Gasteiger partial charge in [-0.15, -0.1) is 0 Å². The molecule has 13 heteroatoms. The number of likely N-dealkylation sites (tertiary alicyclic amines) is 1. The standard InChI is InChI=1S/C23H22F6N2O5/c1-13(22(24,25)26)36-15-7-6-14(10-16(15)33-2)20(32)31-9-8-21(19(11-31)34-12-35-21)17-4-3-5-18(30-17)23(27,28)29/h3-7,10,13,19H,8-9,11-12H2,1-2H3. The highest BCUT2D eigenvalue weighted by atomic mass is 19.4. The summed E-state index contributed by atoms with van der Waals surface area (Å²) in [5.74, 6) is -0.707. The summed E-state index contributed by atoms with van der Waals surface area (Å²) in [6, 6.07) is 7.32. The lowest BCUT2D eigenvalue weighted by Gasteiger charge is -2.41. The molecule has 0 spiro atoms. The third-order valence-electron chi connectivity index (χ3n) is 6.18. The van der Waals surface area contributed by atoms with Crippen LogP contribution in [0.5, 0.6) is 11.5 Å². The van der Waals surface area contributed by atoms with Crippen molar-refractivity contribution in [3.63, 3.8) is 0 Å². The van der Waals surface area contributed by atoms with Gasteiger partial charge in [0.05, 0.1) is 19.3 Å². The average Bonchev–Trinajstić information content (AvgIpc) is 3.27. The van der Waals surface area contributed by atoms with Crippen molar-refractivity contribution in [3.8, 4) is 11.5 Å². The SMILES string of the molecule is COc1cc(C(=O)N2CCC3(c4cccc(C(F)(F)F)n4)OCOC3C2)ccc1OC(C)C(F)(F)F. The smallest absolute Gasteiger partial charge is 0.433 e. The van der Waals surface area contributed by atoms with E-state index in [-0.39, 0.29) is 49.1 Å². The van der Waals surface area contributed by atoms with Gasteiger partial charge in [0.1, 0.15) is 24.2 Å². The third kappa shape index (κ3) is 4.94. The lowest BCUT2D eigenvalue weighted by molar-refractivity contribution is -0.189. The first kappa shape index (κ1) is 26.0. The van der Waals surface area contributed by atoms with E-state index < -0.39 is 41.8 Å². The van der Waals surface area contributed by atoms with Gasteiger partial charge in [0.15, 0.2) is 17.6 Å². The number of carbonyl (C=O) groups excluding carboxylic acids is 1. The van der Waals surface area contributed by atoms with Gasteiger partial charge in [-0.2, -0.15) is 26.3 Å². The number of aromatic nitrogens is 1. The van der Waals surface area contributed by atoms with Gasteiger partial charge in [0.25, 0.3) is 5.91 Å². The number of piperidine rings is 1. The number of fused-ring (bicyclic) bond motifs is 1. The predicted octanol–water partition coefficient (Wildman–Crippen LogP) is 4.55. The van der Waals surface area contributed by atoms with E-state index in [4.69, 9.17) is 18.9 Å². The van der Waals surface area contributed by atoms with Crippen LogP contribution in [0.2, 0.25) is 0 Å². The lowest BCUT2D eigenvalue weighted by atomic mass is 9.84. The Morgan fingerprint density at radius 2 is 1.92 bits per heavy atom.